The smallest absolute Gasteiger partial charge is 0.251 e. The van der Waals surface area contributed by atoms with Crippen LogP contribution < -0.4 is 15.0 Å². The summed E-state index contributed by atoms with van der Waals surface area (Å²) in [5, 5.41) is 3.14. The second-order valence-electron chi connectivity index (χ2n) is 7.02. The van der Waals surface area contributed by atoms with Crippen molar-refractivity contribution >= 4 is 11.6 Å². The molecular weight excluding hydrogens is 312 g/mol. The van der Waals surface area contributed by atoms with E-state index in [1.807, 2.05) is 48.5 Å². The summed E-state index contributed by atoms with van der Waals surface area (Å²) >= 11 is 0. The Morgan fingerprint density at radius 2 is 1.92 bits per heavy atom. The van der Waals surface area contributed by atoms with Gasteiger partial charge in [0, 0.05) is 36.8 Å². The first-order chi connectivity index (χ1) is 12.0. The molecule has 1 amide bonds. The van der Waals surface area contributed by atoms with Gasteiger partial charge in [0.1, 0.15) is 5.75 Å². The number of carbonyl (C=O) groups is 1. The van der Waals surface area contributed by atoms with E-state index in [0.29, 0.717) is 18.1 Å². The van der Waals surface area contributed by atoms with Crippen molar-refractivity contribution in [2.24, 2.45) is 5.92 Å². The summed E-state index contributed by atoms with van der Waals surface area (Å²) in [5.74, 6) is 1.42. The average molecular weight is 338 g/mol. The van der Waals surface area contributed by atoms with Gasteiger partial charge in [-0.1, -0.05) is 32.0 Å². The number of ether oxygens (including phenoxy) is 1. The molecule has 0 aromatic heterocycles. The SMILES string of the molecule is CC(C)CN(C)c1ccc(C(=O)N[C@H]2CCOc3ccccc32)cc1. The van der Waals surface area contributed by atoms with Crippen molar-refractivity contribution in [1.82, 2.24) is 5.32 Å². The molecule has 4 nitrogen and oxygen atoms in total. The van der Waals surface area contributed by atoms with Gasteiger partial charge >= 0.3 is 0 Å². The van der Waals surface area contributed by atoms with E-state index >= 15 is 0 Å². The molecule has 0 aliphatic carbocycles. The van der Waals surface area contributed by atoms with Gasteiger partial charge in [-0.15, -0.1) is 0 Å². The lowest BCUT2D eigenvalue weighted by atomic mass is 10.00. The van der Waals surface area contributed by atoms with Crippen LogP contribution in [0.2, 0.25) is 0 Å². The summed E-state index contributed by atoms with van der Waals surface area (Å²) in [6.07, 6.45) is 0.790. The highest BCUT2D eigenvalue weighted by atomic mass is 16.5. The van der Waals surface area contributed by atoms with Crippen molar-refractivity contribution in [3.63, 3.8) is 0 Å². The van der Waals surface area contributed by atoms with Crippen LogP contribution in [-0.2, 0) is 0 Å². The second-order valence-corrected chi connectivity index (χ2v) is 7.02. The zero-order chi connectivity index (χ0) is 17.8. The normalized spacial score (nSPS) is 16.1. The Morgan fingerprint density at radius 3 is 2.64 bits per heavy atom. The molecular formula is C21H26N2O2. The van der Waals surface area contributed by atoms with Crippen LogP contribution in [0.25, 0.3) is 0 Å². The minimum absolute atomic E-state index is 0.000686. The van der Waals surface area contributed by atoms with Crippen LogP contribution >= 0.6 is 0 Å². The third-order valence-corrected chi connectivity index (χ3v) is 4.47. The van der Waals surface area contributed by atoms with Gasteiger partial charge in [0.05, 0.1) is 12.6 Å². The lowest BCUT2D eigenvalue weighted by Crippen LogP contribution is -2.32. The van der Waals surface area contributed by atoms with Gasteiger partial charge in [-0.2, -0.15) is 0 Å². The fourth-order valence-corrected chi connectivity index (χ4v) is 3.25. The fraction of sp³-hybridized carbons (Fsp3) is 0.381. The lowest BCUT2D eigenvalue weighted by molar-refractivity contribution is 0.0925. The zero-order valence-electron chi connectivity index (χ0n) is 15.2. The van der Waals surface area contributed by atoms with E-state index in [0.717, 1.165) is 30.0 Å². The molecule has 1 heterocycles. The Labute approximate surface area is 149 Å². The summed E-state index contributed by atoms with van der Waals surface area (Å²) in [4.78, 5) is 14.8. The highest BCUT2D eigenvalue weighted by molar-refractivity contribution is 5.94. The quantitative estimate of drug-likeness (QED) is 0.895. The third-order valence-electron chi connectivity index (χ3n) is 4.47. The lowest BCUT2D eigenvalue weighted by Gasteiger charge is -2.26. The van der Waals surface area contributed by atoms with E-state index in [1.54, 1.807) is 0 Å². The topological polar surface area (TPSA) is 41.6 Å². The number of carbonyl (C=O) groups excluding carboxylic acids is 1. The molecule has 132 valence electrons. The first-order valence-electron chi connectivity index (χ1n) is 8.88. The van der Waals surface area contributed by atoms with Gasteiger partial charge < -0.3 is 15.0 Å². The van der Waals surface area contributed by atoms with Crippen LogP contribution in [0.15, 0.2) is 48.5 Å². The third kappa shape index (κ3) is 4.13. The molecule has 0 radical (unpaired) electrons. The van der Waals surface area contributed by atoms with Crippen molar-refractivity contribution < 1.29 is 9.53 Å². The number of hydrogen-bond donors (Lipinski definition) is 1. The molecule has 1 N–H and O–H groups in total. The van der Waals surface area contributed by atoms with Crippen LogP contribution in [0.4, 0.5) is 5.69 Å². The molecule has 1 atom stereocenters. The maximum atomic E-state index is 12.6. The minimum atomic E-state index is -0.0419. The molecule has 0 saturated heterocycles. The van der Waals surface area contributed by atoms with Gasteiger partial charge in [-0.05, 0) is 36.2 Å². The first-order valence-corrected chi connectivity index (χ1v) is 8.88. The number of anilines is 1. The molecule has 1 aliphatic heterocycles. The predicted molar refractivity (Wildman–Crippen MR) is 101 cm³/mol. The number of amides is 1. The molecule has 3 rings (SSSR count). The van der Waals surface area contributed by atoms with E-state index in [-0.39, 0.29) is 11.9 Å². The number of para-hydroxylation sites is 1. The Kier molecular flexibility index (Phi) is 5.27. The van der Waals surface area contributed by atoms with E-state index in [1.165, 1.54) is 0 Å². The molecule has 2 aromatic rings. The molecule has 0 saturated carbocycles. The van der Waals surface area contributed by atoms with Gasteiger partial charge in [0.2, 0.25) is 0 Å². The zero-order valence-corrected chi connectivity index (χ0v) is 15.2. The van der Waals surface area contributed by atoms with Crippen LogP contribution in [0.1, 0.15) is 42.2 Å². The molecule has 1 aliphatic rings. The van der Waals surface area contributed by atoms with E-state index in [2.05, 4.69) is 31.1 Å². The average Bonchev–Trinajstić information content (AvgIpc) is 2.61. The maximum absolute atomic E-state index is 12.6. The van der Waals surface area contributed by atoms with E-state index in [4.69, 9.17) is 4.74 Å². The monoisotopic (exact) mass is 338 g/mol. The number of benzene rings is 2. The Hall–Kier alpha value is -2.49. The van der Waals surface area contributed by atoms with Gasteiger partial charge in [-0.3, -0.25) is 4.79 Å². The van der Waals surface area contributed by atoms with Crippen molar-refractivity contribution in [3.8, 4) is 5.75 Å². The maximum Gasteiger partial charge on any atom is 0.251 e. The molecule has 0 bridgehead atoms. The van der Waals surface area contributed by atoms with E-state index in [9.17, 15) is 4.79 Å². The number of rotatable bonds is 5. The standard InChI is InChI=1S/C21H26N2O2/c1-15(2)14-23(3)17-10-8-16(9-11-17)21(24)22-19-12-13-25-20-7-5-4-6-18(19)20/h4-11,15,19H,12-14H2,1-3H3,(H,22,24)/t19-/m0/s1. The summed E-state index contributed by atoms with van der Waals surface area (Å²) < 4.78 is 5.66. The highest BCUT2D eigenvalue weighted by Crippen LogP contribution is 2.31. The van der Waals surface area contributed by atoms with Crippen LogP contribution in [-0.4, -0.2) is 26.1 Å². The second kappa shape index (κ2) is 7.60. The van der Waals surface area contributed by atoms with Crippen molar-refractivity contribution in [2.75, 3.05) is 25.1 Å². The van der Waals surface area contributed by atoms with Crippen molar-refractivity contribution in [3.05, 3.63) is 59.7 Å². The van der Waals surface area contributed by atoms with Gasteiger partial charge in [0.15, 0.2) is 0 Å². The summed E-state index contributed by atoms with van der Waals surface area (Å²) in [6, 6.07) is 15.7. The minimum Gasteiger partial charge on any atom is -0.493 e. The van der Waals surface area contributed by atoms with Crippen molar-refractivity contribution in [1.29, 1.82) is 0 Å². The molecule has 0 unspecified atom stereocenters. The van der Waals surface area contributed by atoms with Crippen LogP contribution in [0.3, 0.4) is 0 Å². The van der Waals surface area contributed by atoms with Gasteiger partial charge in [0.25, 0.3) is 5.91 Å². The van der Waals surface area contributed by atoms with Gasteiger partial charge in [-0.25, -0.2) is 0 Å². The molecule has 2 aromatic carbocycles. The number of hydrogen-bond acceptors (Lipinski definition) is 3. The molecule has 0 spiro atoms. The largest absolute Gasteiger partial charge is 0.493 e. The molecule has 0 fully saturated rings. The number of nitrogens with one attached hydrogen (secondary N) is 1. The van der Waals surface area contributed by atoms with Crippen LogP contribution in [0.5, 0.6) is 5.75 Å². The molecule has 25 heavy (non-hydrogen) atoms. The Bertz CT molecular complexity index is 725. The fourth-order valence-electron chi connectivity index (χ4n) is 3.25. The van der Waals surface area contributed by atoms with E-state index < -0.39 is 0 Å². The first kappa shape index (κ1) is 17.3. The number of nitrogens with zero attached hydrogens (tertiary/aromatic N) is 1. The Morgan fingerprint density at radius 1 is 1.20 bits per heavy atom. The number of fused-ring (bicyclic) bond motifs is 1. The summed E-state index contributed by atoms with van der Waals surface area (Å²) in [7, 11) is 2.08. The predicted octanol–water partition coefficient (Wildman–Crippen LogP) is 4.03. The Balaban J connectivity index is 1.68. The highest BCUT2D eigenvalue weighted by Gasteiger charge is 2.23. The summed E-state index contributed by atoms with van der Waals surface area (Å²) in [5.41, 5.74) is 2.86. The molecule has 4 heteroatoms. The van der Waals surface area contributed by atoms with Crippen molar-refractivity contribution in [2.45, 2.75) is 26.3 Å². The van der Waals surface area contributed by atoms with Crippen LogP contribution in [0, 0.1) is 5.92 Å². The summed E-state index contributed by atoms with van der Waals surface area (Å²) in [6.45, 7) is 6.01.